The Bertz CT molecular complexity index is 542. The Hall–Kier alpha value is -1.55. The molecule has 2 aromatic carbocycles. The number of anilines is 1. The first-order valence-corrected chi connectivity index (χ1v) is 6.94. The van der Waals surface area contributed by atoms with E-state index in [0.29, 0.717) is 18.0 Å². The monoisotopic (exact) mass is 291 g/mol. The number of aliphatic hydroxyl groups excluding tert-OH is 2. The van der Waals surface area contributed by atoms with Gasteiger partial charge in [0.1, 0.15) is 0 Å². The highest BCUT2D eigenvalue weighted by Gasteiger charge is 2.08. The van der Waals surface area contributed by atoms with Crippen molar-refractivity contribution < 1.29 is 10.2 Å². The van der Waals surface area contributed by atoms with Gasteiger partial charge in [-0.05, 0) is 35.7 Å². The van der Waals surface area contributed by atoms with Crippen LogP contribution in [0.4, 0.5) is 5.69 Å². The fourth-order valence-corrected chi connectivity index (χ4v) is 2.17. The molecule has 2 rings (SSSR count). The van der Waals surface area contributed by atoms with Crippen molar-refractivity contribution in [1.29, 1.82) is 0 Å². The molecule has 106 valence electrons. The first-order chi connectivity index (χ1) is 9.70. The molecule has 0 radical (unpaired) electrons. The molecule has 0 amide bonds. The van der Waals surface area contributed by atoms with Crippen LogP contribution in [0.3, 0.4) is 0 Å². The summed E-state index contributed by atoms with van der Waals surface area (Å²) < 4.78 is 0. The fourth-order valence-electron chi connectivity index (χ4n) is 2.04. The fraction of sp³-hybridized carbons (Fsp3) is 0.250. The van der Waals surface area contributed by atoms with Gasteiger partial charge in [0.25, 0.3) is 0 Å². The molecule has 0 heterocycles. The summed E-state index contributed by atoms with van der Waals surface area (Å²) in [5.74, 6) is 0. The Morgan fingerprint density at radius 2 is 1.75 bits per heavy atom. The lowest BCUT2D eigenvalue weighted by atomic mass is 10.1. The van der Waals surface area contributed by atoms with Gasteiger partial charge in [-0.1, -0.05) is 41.9 Å². The van der Waals surface area contributed by atoms with Gasteiger partial charge in [-0.2, -0.15) is 0 Å². The van der Waals surface area contributed by atoms with Gasteiger partial charge in [-0.3, -0.25) is 0 Å². The molecule has 0 saturated heterocycles. The molecule has 4 heteroatoms. The molecular formula is C16H18ClNO2. The molecular weight excluding hydrogens is 274 g/mol. The summed E-state index contributed by atoms with van der Waals surface area (Å²) in [6.07, 6.45) is -0.00493. The second kappa shape index (κ2) is 7.29. The molecule has 3 N–H and O–H groups in total. The molecule has 0 aliphatic heterocycles. The van der Waals surface area contributed by atoms with E-state index in [4.69, 9.17) is 16.7 Å². The number of benzene rings is 2. The smallest absolute Gasteiger partial charge is 0.0962 e. The maximum Gasteiger partial charge on any atom is 0.0962 e. The molecule has 20 heavy (non-hydrogen) atoms. The number of hydrogen-bond donors (Lipinski definition) is 3. The van der Waals surface area contributed by atoms with Crippen molar-refractivity contribution in [2.24, 2.45) is 0 Å². The van der Waals surface area contributed by atoms with E-state index >= 15 is 0 Å². The van der Waals surface area contributed by atoms with Crippen molar-refractivity contribution in [3.63, 3.8) is 0 Å². The zero-order chi connectivity index (χ0) is 14.4. The third-order valence-electron chi connectivity index (χ3n) is 3.14. The summed E-state index contributed by atoms with van der Waals surface area (Å²) in [6.45, 7) is 0.516. The number of halogens is 1. The maximum absolute atomic E-state index is 10.1. The van der Waals surface area contributed by atoms with Gasteiger partial charge in [0.05, 0.1) is 6.10 Å². The van der Waals surface area contributed by atoms with Crippen LogP contribution in [0.5, 0.6) is 0 Å². The average Bonchev–Trinajstić information content (AvgIpc) is 2.47. The predicted octanol–water partition coefficient (Wildman–Crippen LogP) is 3.02. The number of rotatable bonds is 6. The van der Waals surface area contributed by atoms with Crippen LogP contribution in [0.1, 0.15) is 17.2 Å². The third kappa shape index (κ3) is 3.97. The lowest BCUT2D eigenvalue weighted by Gasteiger charge is -2.15. The van der Waals surface area contributed by atoms with E-state index in [1.807, 2.05) is 36.4 Å². The van der Waals surface area contributed by atoms with Crippen molar-refractivity contribution in [2.75, 3.05) is 18.5 Å². The Kier molecular flexibility index (Phi) is 5.41. The molecule has 0 saturated carbocycles. The highest BCUT2D eigenvalue weighted by Crippen LogP contribution is 2.19. The summed E-state index contributed by atoms with van der Waals surface area (Å²) >= 11 is 5.82. The van der Waals surface area contributed by atoms with Crippen LogP contribution < -0.4 is 5.32 Å². The van der Waals surface area contributed by atoms with E-state index in [-0.39, 0.29) is 6.61 Å². The molecule has 2 aromatic rings. The molecule has 0 aliphatic rings. The standard InChI is InChI=1S/C16H18ClNO2/c17-14-7-5-13(6-8-14)16(20)11-18-15-4-2-1-3-12(15)9-10-19/h1-8,16,18-20H,9-11H2/t16-/m0/s1. The van der Waals surface area contributed by atoms with Gasteiger partial charge in [-0.15, -0.1) is 0 Å². The molecule has 0 bridgehead atoms. The quantitative estimate of drug-likeness (QED) is 0.767. The molecule has 0 fully saturated rings. The van der Waals surface area contributed by atoms with Gasteiger partial charge in [0.2, 0.25) is 0 Å². The molecule has 0 unspecified atom stereocenters. The number of hydrogen-bond acceptors (Lipinski definition) is 3. The first kappa shape index (κ1) is 14.9. The third-order valence-corrected chi connectivity index (χ3v) is 3.39. The van der Waals surface area contributed by atoms with Gasteiger partial charge in [0.15, 0.2) is 0 Å². The molecule has 0 aromatic heterocycles. The molecule has 1 atom stereocenters. The van der Waals surface area contributed by atoms with Crippen LogP contribution >= 0.6 is 11.6 Å². The van der Waals surface area contributed by atoms with Crippen molar-refractivity contribution in [1.82, 2.24) is 0 Å². The van der Waals surface area contributed by atoms with E-state index in [9.17, 15) is 5.11 Å². The number of nitrogens with one attached hydrogen (secondary N) is 1. The highest BCUT2D eigenvalue weighted by molar-refractivity contribution is 6.30. The average molecular weight is 292 g/mol. The first-order valence-electron chi connectivity index (χ1n) is 6.57. The van der Waals surface area contributed by atoms with Crippen LogP contribution in [0.15, 0.2) is 48.5 Å². The second-order valence-electron chi connectivity index (χ2n) is 4.58. The minimum absolute atomic E-state index is 0.110. The van der Waals surface area contributed by atoms with E-state index in [2.05, 4.69) is 5.32 Å². The van der Waals surface area contributed by atoms with Crippen LogP contribution in [0.2, 0.25) is 5.02 Å². The normalized spacial score (nSPS) is 12.2. The SMILES string of the molecule is OCCc1ccccc1NC[C@H](O)c1ccc(Cl)cc1. The lowest BCUT2D eigenvalue weighted by molar-refractivity contribution is 0.191. The summed E-state index contributed by atoms with van der Waals surface area (Å²) in [7, 11) is 0. The zero-order valence-electron chi connectivity index (χ0n) is 11.1. The van der Waals surface area contributed by atoms with Crippen molar-refractivity contribution in [3.8, 4) is 0 Å². The van der Waals surface area contributed by atoms with Crippen LogP contribution in [0, 0.1) is 0 Å². The predicted molar refractivity (Wildman–Crippen MR) is 82.1 cm³/mol. The topological polar surface area (TPSA) is 52.5 Å². The zero-order valence-corrected chi connectivity index (χ0v) is 11.8. The Balaban J connectivity index is 1.99. The Morgan fingerprint density at radius 1 is 1.05 bits per heavy atom. The summed E-state index contributed by atoms with van der Waals surface area (Å²) in [5.41, 5.74) is 2.80. The molecule has 0 spiro atoms. The summed E-state index contributed by atoms with van der Waals surface area (Å²) in [5, 5.41) is 23.0. The maximum atomic E-state index is 10.1. The van der Waals surface area contributed by atoms with Crippen LogP contribution in [-0.4, -0.2) is 23.4 Å². The van der Waals surface area contributed by atoms with Crippen LogP contribution in [-0.2, 0) is 6.42 Å². The highest BCUT2D eigenvalue weighted by atomic mass is 35.5. The Morgan fingerprint density at radius 3 is 2.45 bits per heavy atom. The molecule has 3 nitrogen and oxygen atoms in total. The summed E-state index contributed by atoms with van der Waals surface area (Å²) in [4.78, 5) is 0. The molecule has 0 aliphatic carbocycles. The Labute approximate surface area is 123 Å². The van der Waals surface area contributed by atoms with Crippen molar-refractivity contribution >= 4 is 17.3 Å². The van der Waals surface area contributed by atoms with E-state index < -0.39 is 6.10 Å². The minimum Gasteiger partial charge on any atom is -0.396 e. The van der Waals surface area contributed by atoms with Gasteiger partial charge >= 0.3 is 0 Å². The summed E-state index contributed by atoms with van der Waals surface area (Å²) in [6, 6.07) is 14.9. The second-order valence-corrected chi connectivity index (χ2v) is 5.02. The van der Waals surface area contributed by atoms with E-state index in [1.54, 1.807) is 12.1 Å². The van der Waals surface area contributed by atoms with E-state index in [0.717, 1.165) is 16.8 Å². The lowest BCUT2D eigenvalue weighted by Crippen LogP contribution is -2.13. The van der Waals surface area contributed by atoms with Crippen molar-refractivity contribution in [2.45, 2.75) is 12.5 Å². The van der Waals surface area contributed by atoms with E-state index in [1.165, 1.54) is 0 Å². The number of aliphatic hydroxyl groups is 2. The number of para-hydroxylation sites is 1. The minimum atomic E-state index is -0.602. The largest absolute Gasteiger partial charge is 0.396 e. The van der Waals surface area contributed by atoms with Crippen molar-refractivity contribution in [3.05, 3.63) is 64.7 Å². The van der Waals surface area contributed by atoms with Gasteiger partial charge < -0.3 is 15.5 Å². The van der Waals surface area contributed by atoms with Crippen LogP contribution in [0.25, 0.3) is 0 Å². The van der Waals surface area contributed by atoms with Gasteiger partial charge in [-0.25, -0.2) is 0 Å². The van der Waals surface area contributed by atoms with Gasteiger partial charge in [0, 0.05) is 23.9 Å².